The lowest BCUT2D eigenvalue weighted by atomic mass is 10.1. The van der Waals surface area contributed by atoms with Crippen LogP contribution in [0.2, 0.25) is 5.02 Å². The first-order valence-corrected chi connectivity index (χ1v) is 10.1. The Bertz CT molecular complexity index is 676. The van der Waals surface area contributed by atoms with Gasteiger partial charge in [-0.05, 0) is 31.6 Å². The minimum Gasteiger partial charge on any atom is -0.270 e. The third-order valence-corrected chi connectivity index (χ3v) is 6.10. The van der Waals surface area contributed by atoms with Crippen molar-refractivity contribution in [1.82, 2.24) is 14.6 Å². The number of hydrazone groups is 1. The molecule has 2 rings (SSSR count). The molecule has 0 amide bonds. The third-order valence-electron chi connectivity index (χ3n) is 4.20. The molecule has 0 saturated heterocycles. The highest BCUT2D eigenvalue weighted by atomic mass is 35.5. The van der Waals surface area contributed by atoms with Crippen LogP contribution < -0.4 is 4.72 Å². The number of sulfonamides is 1. The van der Waals surface area contributed by atoms with Gasteiger partial charge in [0.25, 0.3) is 0 Å². The fraction of sp³-hybridized carbons (Fsp3) is 0.562. The Labute approximate surface area is 149 Å². The Morgan fingerprint density at radius 2 is 2.00 bits per heavy atom. The van der Waals surface area contributed by atoms with Crippen molar-refractivity contribution in [2.24, 2.45) is 11.0 Å². The second-order valence-corrected chi connectivity index (χ2v) is 7.79. The topological polar surface area (TPSA) is 65.0 Å². The predicted molar refractivity (Wildman–Crippen MR) is 97.5 cm³/mol. The maximum absolute atomic E-state index is 12.8. The lowest BCUT2D eigenvalue weighted by molar-refractivity contribution is 0.0459. The molecule has 0 spiro atoms. The number of benzene rings is 1. The minimum absolute atomic E-state index is 0.0824. The van der Waals surface area contributed by atoms with Crippen molar-refractivity contribution in [2.75, 3.05) is 19.6 Å². The summed E-state index contributed by atoms with van der Waals surface area (Å²) in [6.45, 7) is 8.20. The summed E-state index contributed by atoms with van der Waals surface area (Å²) >= 11 is 6.07. The monoisotopic (exact) mass is 372 g/mol. The molecule has 8 heteroatoms. The maximum atomic E-state index is 12.8. The van der Waals surface area contributed by atoms with Crippen LogP contribution in [-0.4, -0.2) is 50.5 Å². The Balaban J connectivity index is 2.28. The molecule has 0 saturated carbocycles. The predicted octanol–water partition coefficient (Wildman–Crippen LogP) is 2.57. The standard InChI is InChI=1S/C16H25ClN4O2S/c1-4-13-11-18-21(12-13)16(20(5-2)6-3)19-24(22,23)15-10-8-7-9-14(15)17/h7-11,13,16,19H,4-6,12H2,1-3H3. The molecule has 0 fully saturated rings. The van der Waals surface area contributed by atoms with E-state index in [-0.39, 0.29) is 9.92 Å². The fourth-order valence-corrected chi connectivity index (χ4v) is 4.37. The van der Waals surface area contributed by atoms with Crippen LogP contribution in [0.3, 0.4) is 0 Å². The van der Waals surface area contributed by atoms with Crippen LogP contribution in [0.15, 0.2) is 34.3 Å². The van der Waals surface area contributed by atoms with Crippen LogP contribution >= 0.6 is 11.6 Å². The van der Waals surface area contributed by atoms with Gasteiger partial charge in [-0.3, -0.25) is 9.91 Å². The van der Waals surface area contributed by atoms with Crippen LogP contribution in [0, 0.1) is 5.92 Å². The quantitative estimate of drug-likeness (QED) is 0.712. The molecule has 0 bridgehead atoms. The van der Waals surface area contributed by atoms with Gasteiger partial charge in [-0.25, -0.2) is 8.42 Å². The van der Waals surface area contributed by atoms with Gasteiger partial charge in [0.05, 0.1) is 5.02 Å². The molecule has 1 aliphatic heterocycles. The summed E-state index contributed by atoms with van der Waals surface area (Å²) in [5.74, 6) is 0.341. The molecule has 24 heavy (non-hydrogen) atoms. The van der Waals surface area contributed by atoms with Gasteiger partial charge in [0.1, 0.15) is 4.90 Å². The summed E-state index contributed by atoms with van der Waals surface area (Å²) in [6.07, 6.45) is 2.33. The molecule has 1 aromatic carbocycles. The second-order valence-electron chi connectivity index (χ2n) is 5.70. The van der Waals surface area contributed by atoms with Gasteiger partial charge in [-0.2, -0.15) is 9.82 Å². The van der Waals surface area contributed by atoms with E-state index in [0.717, 1.165) is 6.42 Å². The maximum Gasteiger partial charge on any atom is 0.244 e. The number of rotatable bonds is 8. The lowest BCUT2D eigenvalue weighted by Crippen LogP contribution is -2.56. The van der Waals surface area contributed by atoms with E-state index >= 15 is 0 Å². The lowest BCUT2D eigenvalue weighted by Gasteiger charge is -2.36. The number of halogens is 1. The first-order chi connectivity index (χ1) is 11.4. The fourth-order valence-electron chi connectivity index (χ4n) is 2.67. The molecule has 6 nitrogen and oxygen atoms in total. The van der Waals surface area contributed by atoms with Crippen LogP contribution in [0.4, 0.5) is 0 Å². The number of hydrogen-bond acceptors (Lipinski definition) is 5. The van der Waals surface area contributed by atoms with Crippen LogP contribution in [0.25, 0.3) is 0 Å². The van der Waals surface area contributed by atoms with Crippen molar-refractivity contribution < 1.29 is 8.42 Å². The zero-order chi connectivity index (χ0) is 17.7. The largest absolute Gasteiger partial charge is 0.270 e. The molecule has 1 aliphatic rings. The zero-order valence-corrected chi connectivity index (χ0v) is 15.9. The van der Waals surface area contributed by atoms with Crippen molar-refractivity contribution in [1.29, 1.82) is 0 Å². The first-order valence-electron chi connectivity index (χ1n) is 8.24. The molecule has 2 atom stereocenters. The zero-order valence-electron chi connectivity index (χ0n) is 14.3. The molecule has 0 aromatic heterocycles. The number of nitrogens with one attached hydrogen (secondary N) is 1. The summed E-state index contributed by atoms with van der Waals surface area (Å²) in [5.41, 5.74) is 0. The van der Waals surface area contributed by atoms with Gasteiger partial charge < -0.3 is 0 Å². The van der Waals surface area contributed by atoms with E-state index in [0.29, 0.717) is 25.6 Å². The van der Waals surface area contributed by atoms with E-state index in [1.54, 1.807) is 23.2 Å². The summed E-state index contributed by atoms with van der Waals surface area (Å²) in [7, 11) is -3.76. The van der Waals surface area contributed by atoms with Crippen LogP contribution in [-0.2, 0) is 10.0 Å². The molecule has 0 radical (unpaired) electrons. The average molecular weight is 373 g/mol. The van der Waals surface area contributed by atoms with Crippen molar-refractivity contribution >= 4 is 27.8 Å². The van der Waals surface area contributed by atoms with Crippen molar-refractivity contribution in [3.05, 3.63) is 29.3 Å². The molecule has 0 aliphatic carbocycles. The second kappa shape index (κ2) is 8.29. The summed E-state index contributed by atoms with van der Waals surface area (Å²) in [4.78, 5) is 2.10. The number of nitrogens with zero attached hydrogens (tertiary/aromatic N) is 3. The summed E-state index contributed by atoms with van der Waals surface area (Å²) < 4.78 is 28.4. The normalized spacial score (nSPS) is 19.2. The number of hydrogen-bond donors (Lipinski definition) is 1. The van der Waals surface area contributed by atoms with Crippen molar-refractivity contribution in [2.45, 2.75) is 38.4 Å². The summed E-state index contributed by atoms with van der Waals surface area (Å²) in [5, 5.41) is 6.42. The van der Waals surface area contributed by atoms with Gasteiger partial charge >= 0.3 is 0 Å². The van der Waals surface area contributed by atoms with E-state index in [4.69, 9.17) is 11.6 Å². The Morgan fingerprint density at radius 3 is 2.54 bits per heavy atom. The van der Waals surface area contributed by atoms with Crippen molar-refractivity contribution in [3.63, 3.8) is 0 Å². The average Bonchev–Trinajstić information content (AvgIpc) is 3.04. The van der Waals surface area contributed by atoms with Gasteiger partial charge in [-0.15, -0.1) is 0 Å². The van der Waals surface area contributed by atoms with Gasteiger partial charge in [0, 0.05) is 18.7 Å². The van der Waals surface area contributed by atoms with Gasteiger partial charge in [0.2, 0.25) is 10.0 Å². The van der Waals surface area contributed by atoms with E-state index in [1.165, 1.54) is 6.07 Å². The van der Waals surface area contributed by atoms with E-state index < -0.39 is 16.3 Å². The molecular formula is C16H25ClN4O2S. The van der Waals surface area contributed by atoms with Crippen LogP contribution in [0.1, 0.15) is 27.2 Å². The highest BCUT2D eigenvalue weighted by Gasteiger charge is 2.32. The first kappa shape index (κ1) is 19.2. The van der Waals surface area contributed by atoms with E-state index in [2.05, 4.69) is 16.7 Å². The summed E-state index contributed by atoms with van der Waals surface area (Å²) in [6, 6.07) is 6.45. The Hall–Kier alpha value is -1.15. The molecular weight excluding hydrogens is 348 g/mol. The molecule has 1 N–H and O–H groups in total. The SMILES string of the molecule is CCC1C=NN(C(NS(=O)(=O)c2ccccc2Cl)N(CC)CC)C1. The molecule has 134 valence electrons. The Kier molecular flexibility index (Phi) is 6.62. The van der Waals surface area contributed by atoms with Crippen molar-refractivity contribution in [3.8, 4) is 0 Å². The highest BCUT2D eigenvalue weighted by Crippen LogP contribution is 2.22. The van der Waals surface area contributed by atoms with E-state index in [1.807, 2.05) is 25.0 Å². The smallest absolute Gasteiger partial charge is 0.244 e. The molecule has 2 unspecified atom stereocenters. The molecule has 1 heterocycles. The molecule has 1 aromatic rings. The minimum atomic E-state index is -3.76. The van der Waals surface area contributed by atoms with Gasteiger partial charge in [-0.1, -0.05) is 44.5 Å². The van der Waals surface area contributed by atoms with Gasteiger partial charge in [0.15, 0.2) is 6.29 Å². The van der Waals surface area contributed by atoms with E-state index in [9.17, 15) is 8.42 Å². The van der Waals surface area contributed by atoms with Crippen LogP contribution in [0.5, 0.6) is 0 Å². The third kappa shape index (κ3) is 4.27. The Morgan fingerprint density at radius 1 is 1.33 bits per heavy atom. The highest BCUT2D eigenvalue weighted by molar-refractivity contribution is 7.89.